The van der Waals surface area contributed by atoms with E-state index in [4.69, 9.17) is 5.11 Å². The summed E-state index contributed by atoms with van der Waals surface area (Å²) < 4.78 is 1.50. The van der Waals surface area contributed by atoms with Gasteiger partial charge in [-0.05, 0) is 18.1 Å². The van der Waals surface area contributed by atoms with Crippen molar-refractivity contribution in [3.8, 4) is 0 Å². The first-order valence-corrected chi connectivity index (χ1v) is 5.78. The third-order valence-corrected chi connectivity index (χ3v) is 2.56. The van der Waals surface area contributed by atoms with Crippen molar-refractivity contribution in [3.05, 3.63) is 24.0 Å². The van der Waals surface area contributed by atoms with Crippen molar-refractivity contribution < 1.29 is 9.90 Å². The molecule has 96 valence electrons. The molecule has 2 rings (SSSR count). The summed E-state index contributed by atoms with van der Waals surface area (Å²) in [6.45, 7) is 5.16. The highest BCUT2D eigenvalue weighted by molar-refractivity contribution is 5.86. The Balaban J connectivity index is 2.34. The Morgan fingerprint density at radius 2 is 2.22 bits per heavy atom. The van der Waals surface area contributed by atoms with Crippen molar-refractivity contribution in [2.45, 2.75) is 13.8 Å². The highest BCUT2D eigenvalue weighted by atomic mass is 16.4. The SMILES string of the molecule is CC(C)CN(C)c1ccc2nc(C(=O)O)cn2n1. The molecular weight excluding hydrogens is 232 g/mol. The van der Waals surface area contributed by atoms with Gasteiger partial charge in [0.1, 0.15) is 5.82 Å². The van der Waals surface area contributed by atoms with Crippen LogP contribution in [0.2, 0.25) is 0 Å². The molecule has 0 fully saturated rings. The first-order chi connectivity index (χ1) is 8.47. The second-order valence-electron chi connectivity index (χ2n) is 4.70. The fraction of sp³-hybridized carbons (Fsp3) is 0.417. The lowest BCUT2D eigenvalue weighted by Crippen LogP contribution is -2.23. The summed E-state index contributed by atoms with van der Waals surface area (Å²) in [7, 11) is 1.96. The molecule has 2 aromatic rings. The third kappa shape index (κ3) is 2.42. The lowest BCUT2D eigenvalue weighted by molar-refractivity contribution is 0.0691. The number of carboxylic acid groups (broad SMARTS) is 1. The molecule has 2 heterocycles. The first-order valence-electron chi connectivity index (χ1n) is 5.78. The predicted octanol–water partition coefficient (Wildman–Crippen LogP) is 1.52. The van der Waals surface area contributed by atoms with Crippen molar-refractivity contribution in [3.63, 3.8) is 0 Å². The zero-order valence-corrected chi connectivity index (χ0v) is 10.7. The van der Waals surface area contributed by atoms with E-state index in [9.17, 15) is 4.79 Å². The monoisotopic (exact) mass is 248 g/mol. The maximum atomic E-state index is 10.8. The number of imidazole rings is 1. The molecule has 0 aliphatic heterocycles. The van der Waals surface area contributed by atoms with Crippen molar-refractivity contribution in [1.29, 1.82) is 0 Å². The van der Waals surface area contributed by atoms with E-state index in [1.807, 2.05) is 18.0 Å². The Hall–Kier alpha value is -2.11. The van der Waals surface area contributed by atoms with Crippen LogP contribution < -0.4 is 4.90 Å². The summed E-state index contributed by atoms with van der Waals surface area (Å²) in [5.41, 5.74) is 0.542. The van der Waals surface area contributed by atoms with Gasteiger partial charge in [0, 0.05) is 13.6 Å². The van der Waals surface area contributed by atoms with Gasteiger partial charge in [-0.3, -0.25) is 0 Å². The molecule has 2 aromatic heterocycles. The first kappa shape index (κ1) is 12.3. The second kappa shape index (κ2) is 4.64. The van der Waals surface area contributed by atoms with Gasteiger partial charge in [-0.2, -0.15) is 0 Å². The Kier molecular flexibility index (Phi) is 3.18. The standard InChI is InChI=1S/C12H16N4O2/c1-8(2)6-15(3)11-5-4-10-13-9(12(17)18)7-16(10)14-11/h4-5,7-8H,6H2,1-3H3,(H,17,18). The Bertz CT molecular complexity index is 576. The fourth-order valence-electron chi connectivity index (χ4n) is 1.82. The van der Waals surface area contributed by atoms with E-state index >= 15 is 0 Å². The Morgan fingerprint density at radius 1 is 1.50 bits per heavy atom. The summed E-state index contributed by atoms with van der Waals surface area (Å²) in [5.74, 6) is 0.285. The maximum absolute atomic E-state index is 10.8. The van der Waals surface area contributed by atoms with Crippen molar-refractivity contribution in [2.75, 3.05) is 18.5 Å². The van der Waals surface area contributed by atoms with E-state index in [0.717, 1.165) is 12.4 Å². The lowest BCUT2D eigenvalue weighted by Gasteiger charge is -2.19. The van der Waals surface area contributed by atoms with Crippen molar-refractivity contribution >= 4 is 17.4 Å². The topological polar surface area (TPSA) is 70.7 Å². The summed E-state index contributed by atoms with van der Waals surface area (Å²) in [4.78, 5) is 16.8. The zero-order valence-electron chi connectivity index (χ0n) is 10.7. The maximum Gasteiger partial charge on any atom is 0.356 e. The minimum Gasteiger partial charge on any atom is -0.476 e. The summed E-state index contributed by atoms with van der Waals surface area (Å²) in [5, 5.41) is 13.2. The molecule has 0 aliphatic rings. The predicted molar refractivity (Wildman–Crippen MR) is 68.1 cm³/mol. The number of fused-ring (bicyclic) bond motifs is 1. The van der Waals surface area contributed by atoms with Gasteiger partial charge in [0.25, 0.3) is 0 Å². The summed E-state index contributed by atoms with van der Waals surface area (Å²) in [6, 6.07) is 3.61. The molecule has 1 N–H and O–H groups in total. The highest BCUT2D eigenvalue weighted by Crippen LogP contribution is 2.12. The number of hydrogen-bond donors (Lipinski definition) is 1. The molecule has 0 aliphatic carbocycles. The normalized spacial score (nSPS) is 11.1. The average Bonchev–Trinajstić information content (AvgIpc) is 2.70. The summed E-state index contributed by atoms with van der Waals surface area (Å²) >= 11 is 0. The fourth-order valence-corrected chi connectivity index (χ4v) is 1.82. The van der Waals surface area contributed by atoms with E-state index in [2.05, 4.69) is 23.9 Å². The van der Waals surface area contributed by atoms with Crippen LogP contribution in [0, 0.1) is 5.92 Å². The second-order valence-corrected chi connectivity index (χ2v) is 4.70. The van der Waals surface area contributed by atoms with Crippen LogP contribution in [0.1, 0.15) is 24.3 Å². The van der Waals surface area contributed by atoms with Gasteiger partial charge in [0.15, 0.2) is 11.3 Å². The minimum atomic E-state index is -1.04. The van der Waals surface area contributed by atoms with Crippen LogP contribution in [-0.2, 0) is 0 Å². The number of carbonyl (C=O) groups is 1. The molecule has 6 nitrogen and oxygen atoms in total. The number of carboxylic acids is 1. The molecule has 18 heavy (non-hydrogen) atoms. The van der Waals surface area contributed by atoms with Gasteiger partial charge in [-0.1, -0.05) is 13.8 Å². The number of rotatable bonds is 4. The Labute approximate surface area is 105 Å². The zero-order chi connectivity index (χ0) is 13.3. The Morgan fingerprint density at radius 3 is 2.83 bits per heavy atom. The average molecular weight is 248 g/mol. The molecule has 0 saturated heterocycles. The van der Waals surface area contributed by atoms with E-state index in [-0.39, 0.29) is 5.69 Å². The van der Waals surface area contributed by atoms with Crippen LogP contribution in [-0.4, -0.2) is 39.3 Å². The molecule has 0 unspecified atom stereocenters. The molecule has 0 radical (unpaired) electrons. The molecule has 6 heteroatoms. The number of aromatic carboxylic acids is 1. The van der Waals surface area contributed by atoms with Gasteiger partial charge in [-0.15, -0.1) is 5.10 Å². The number of anilines is 1. The van der Waals surface area contributed by atoms with Gasteiger partial charge >= 0.3 is 5.97 Å². The van der Waals surface area contributed by atoms with Gasteiger partial charge in [-0.25, -0.2) is 14.3 Å². The van der Waals surface area contributed by atoms with Crippen molar-refractivity contribution in [2.24, 2.45) is 5.92 Å². The van der Waals surface area contributed by atoms with Gasteiger partial charge < -0.3 is 10.0 Å². The molecule has 0 atom stereocenters. The van der Waals surface area contributed by atoms with E-state index in [0.29, 0.717) is 11.6 Å². The number of nitrogens with zero attached hydrogens (tertiary/aromatic N) is 4. The van der Waals surface area contributed by atoms with Crippen molar-refractivity contribution in [1.82, 2.24) is 14.6 Å². The van der Waals surface area contributed by atoms with Gasteiger partial charge in [0.05, 0.1) is 6.20 Å². The molecular formula is C12H16N4O2. The van der Waals surface area contributed by atoms with Crippen LogP contribution in [0.15, 0.2) is 18.3 Å². The molecule has 0 aromatic carbocycles. The third-order valence-electron chi connectivity index (χ3n) is 2.56. The molecule has 0 saturated carbocycles. The van der Waals surface area contributed by atoms with Gasteiger partial charge in [0.2, 0.25) is 0 Å². The number of aromatic nitrogens is 3. The van der Waals surface area contributed by atoms with Crippen LogP contribution >= 0.6 is 0 Å². The van der Waals surface area contributed by atoms with Crippen LogP contribution in [0.25, 0.3) is 5.65 Å². The molecule has 0 bridgehead atoms. The van der Waals surface area contributed by atoms with Crippen LogP contribution in [0.4, 0.5) is 5.82 Å². The van der Waals surface area contributed by atoms with Crippen LogP contribution in [0.5, 0.6) is 0 Å². The molecule has 0 spiro atoms. The quantitative estimate of drug-likeness (QED) is 0.888. The van der Waals surface area contributed by atoms with E-state index < -0.39 is 5.97 Å². The summed E-state index contributed by atoms with van der Waals surface area (Å²) in [6.07, 6.45) is 1.42. The molecule has 0 amide bonds. The largest absolute Gasteiger partial charge is 0.476 e. The minimum absolute atomic E-state index is 0.00571. The highest BCUT2D eigenvalue weighted by Gasteiger charge is 2.11. The van der Waals surface area contributed by atoms with E-state index in [1.54, 1.807) is 6.07 Å². The lowest BCUT2D eigenvalue weighted by atomic mass is 10.2. The smallest absolute Gasteiger partial charge is 0.356 e. The number of hydrogen-bond acceptors (Lipinski definition) is 4. The van der Waals surface area contributed by atoms with Crippen LogP contribution in [0.3, 0.4) is 0 Å². The van der Waals surface area contributed by atoms with E-state index in [1.165, 1.54) is 10.7 Å².